The molecule has 24 heavy (non-hydrogen) atoms. The van der Waals surface area contributed by atoms with Gasteiger partial charge in [0.25, 0.3) is 0 Å². The second kappa shape index (κ2) is 11.9. The first kappa shape index (κ1) is 18.8. The summed E-state index contributed by atoms with van der Waals surface area (Å²) in [5.74, 6) is 2.39. The molecule has 1 aromatic heterocycles. The summed E-state index contributed by atoms with van der Waals surface area (Å²) < 4.78 is 10.8. The van der Waals surface area contributed by atoms with Crippen molar-refractivity contribution in [3.8, 4) is 0 Å². The predicted octanol–water partition coefficient (Wildman–Crippen LogP) is 1.95. The van der Waals surface area contributed by atoms with Crippen LogP contribution in [0.15, 0.2) is 27.8 Å². The molecular formula is C18H31N3O3. The lowest BCUT2D eigenvalue weighted by Crippen LogP contribution is -2.39. The molecule has 1 aliphatic rings. The topological polar surface area (TPSA) is 79.0 Å². The predicted molar refractivity (Wildman–Crippen MR) is 95.2 cm³/mol. The third-order valence-electron chi connectivity index (χ3n) is 4.15. The highest BCUT2D eigenvalue weighted by Gasteiger charge is 2.15. The van der Waals surface area contributed by atoms with Gasteiger partial charge in [-0.25, -0.2) is 0 Å². The number of nitrogens with zero attached hydrogens (tertiary/aromatic N) is 1. The molecule has 0 spiro atoms. The van der Waals surface area contributed by atoms with Crippen LogP contribution in [0.25, 0.3) is 0 Å². The molecule has 0 amide bonds. The van der Waals surface area contributed by atoms with Crippen LogP contribution in [0.5, 0.6) is 0 Å². The molecule has 1 fully saturated rings. The molecule has 2 heterocycles. The van der Waals surface area contributed by atoms with Crippen LogP contribution in [-0.4, -0.2) is 50.5 Å². The molecule has 0 aliphatic carbocycles. The number of unbranched alkanes of at least 4 members (excludes halogenated alkanes) is 3. The van der Waals surface area contributed by atoms with Crippen LogP contribution in [-0.2, 0) is 11.2 Å². The highest BCUT2D eigenvalue weighted by molar-refractivity contribution is 5.79. The Kier molecular flexibility index (Phi) is 9.34. The molecule has 1 atom stereocenters. The van der Waals surface area contributed by atoms with Crippen molar-refractivity contribution in [1.29, 1.82) is 0 Å². The van der Waals surface area contributed by atoms with E-state index in [-0.39, 0.29) is 6.61 Å². The van der Waals surface area contributed by atoms with E-state index >= 15 is 0 Å². The minimum Gasteiger partial charge on any atom is -0.469 e. The van der Waals surface area contributed by atoms with Crippen molar-refractivity contribution >= 4 is 5.96 Å². The van der Waals surface area contributed by atoms with Crippen molar-refractivity contribution in [2.24, 2.45) is 10.9 Å². The Labute approximate surface area is 144 Å². The number of furan rings is 1. The third-order valence-corrected chi connectivity index (χ3v) is 4.15. The molecule has 6 nitrogen and oxygen atoms in total. The van der Waals surface area contributed by atoms with E-state index in [1.54, 1.807) is 6.26 Å². The highest BCUT2D eigenvalue weighted by atomic mass is 16.5. The molecule has 1 saturated heterocycles. The summed E-state index contributed by atoms with van der Waals surface area (Å²) in [5, 5.41) is 15.6. The molecule has 136 valence electrons. The fourth-order valence-corrected chi connectivity index (χ4v) is 2.68. The minimum atomic E-state index is 0.290. The van der Waals surface area contributed by atoms with Gasteiger partial charge in [0.15, 0.2) is 5.96 Å². The van der Waals surface area contributed by atoms with Crippen LogP contribution in [0.1, 0.15) is 37.9 Å². The van der Waals surface area contributed by atoms with Crippen molar-refractivity contribution in [1.82, 2.24) is 10.6 Å². The number of aliphatic imine (C=N–C) groups is 1. The highest BCUT2D eigenvalue weighted by Crippen LogP contribution is 2.12. The van der Waals surface area contributed by atoms with Gasteiger partial charge in [0.2, 0.25) is 0 Å². The van der Waals surface area contributed by atoms with E-state index in [1.807, 2.05) is 12.1 Å². The molecule has 0 radical (unpaired) electrons. The van der Waals surface area contributed by atoms with Gasteiger partial charge in [-0.2, -0.15) is 0 Å². The summed E-state index contributed by atoms with van der Waals surface area (Å²) in [6.45, 7) is 4.48. The van der Waals surface area contributed by atoms with Gasteiger partial charge in [-0.1, -0.05) is 12.8 Å². The summed E-state index contributed by atoms with van der Waals surface area (Å²) >= 11 is 0. The molecule has 1 aliphatic heterocycles. The molecule has 1 aromatic rings. The maximum atomic E-state index is 8.80. The Morgan fingerprint density at radius 2 is 2.08 bits per heavy atom. The Morgan fingerprint density at radius 3 is 2.83 bits per heavy atom. The van der Waals surface area contributed by atoms with E-state index in [1.165, 1.54) is 0 Å². The molecule has 3 N–H and O–H groups in total. The van der Waals surface area contributed by atoms with Gasteiger partial charge in [0, 0.05) is 45.2 Å². The number of ether oxygens (including phenoxy) is 1. The SMILES string of the molecule is OCCCCCCNC(=NCC1CCOC1)NCCc1ccco1. The van der Waals surface area contributed by atoms with Crippen molar-refractivity contribution in [2.75, 3.05) is 39.5 Å². The summed E-state index contributed by atoms with van der Waals surface area (Å²) in [6, 6.07) is 3.90. The van der Waals surface area contributed by atoms with Crippen molar-refractivity contribution in [2.45, 2.75) is 38.5 Å². The van der Waals surface area contributed by atoms with Crippen molar-refractivity contribution < 1.29 is 14.3 Å². The number of guanidine groups is 1. The minimum absolute atomic E-state index is 0.290. The van der Waals surface area contributed by atoms with Crippen LogP contribution in [0.4, 0.5) is 0 Å². The Balaban J connectivity index is 1.68. The van der Waals surface area contributed by atoms with Crippen molar-refractivity contribution in [3.05, 3.63) is 24.2 Å². The summed E-state index contributed by atoms with van der Waals surface area (Å²) in [7, 11) is 0. The van der Waals surface area contributed by atoms with Gasteiger partial charge in [-0.05, 0) is 31.4 Å². The van der Waals surface area contributed by atoms with Crippen LogP contribution < -0.4 is 10.6 Å². The summed E-state index contributed by atoms with van der Waals surface area (Å²) in [6.07, 6.45) is 7.84. The first-order valence-corrected chi connectivity index (χ1v) is 9.11. The molecule has 0 aromatic carbocycles. The average molecular weight is 337 g/mol. The monoisotopic (exact) mass is 337 g/mol. The first-order valence-electron chi connectivity index (χ1n) is 9.11. The number of hydrogen-bond acceptors (Lipinski definition) is 4. The second-order valence-electron chi connectivity index (χ2n) is 6.24. The van der Waals surface area contributed by atoms with Crippen LogP contribution in [0.3, 0.4) is 0 Å². The zero-order valence-electron chi connectivity index (χ0n) is 14.5. The first-order chi connectivity index (χ1) is 11.9. The normalized spacial score (nSPS) is 18.0. The quantitative estimate of drug-likeness (QED) is 0.327. The fraction of sp³-hybridized carbons (Fsp3) is 0.722. The number of hydrogen-bond donors (Lipinski definition) is 3. The summed E-state index contributed by atoms with van der Waals surface area (Å²) in [4.78, 5) is 4.70. The molecule has 2 rings (SSSR count). The van der Waals surface area contributed by atoms with Crippen LogP contribution >= 0.6 is 0 Å². The van der Waals surface area contributed by atoms with E-state index in [0.717, 1.165) is 83.1 Å². The zero-order valence-corrected chi connectivity index (χ0v) is 14.5. The lowest BCUT2D eigenvalue weighted by molar-refractivity contribution is 0.187. The van der Waals surface area contributed by atoms with Gasteiger partial charge in [-0.3, -0.25) is 4.99 Å². The van der Waals surface area contributed by atoms with E-state index < -0.39 is 0 Å². The summed E-state index contributed by atoms with van der Waals surface area (Å²) in [5.41, 5.74) is 0. The molecule has 6 heteroatoms. The third kappa shape index (κ3) is 7.84. The largest absolute Gasteiger partial charge is 0.469 e. The van der Waals surface area contributed by atoms with Gasteiger partial charge in [-0.15, -0.1) is 0 Å². The van der Waals surface area contributed by atoms with E-state index in [9.17, 15) is 0 Å². The Bertz CT molecular complexity index is 442. The number of nitrogens with one attached hydrogen (secondary N) is 2. The van der Waals surface area contributed by atoms with Gasteiger partial charge < -0.3 is 24.9 Å². The molecule has 0 bridgehead atoms. The molecule has 0 saturated carbocycles. The molecular weight excluding hydrogens is 306 g/mol. The van der Waals surface area contributed by atoms with Gasteiger partial charge in [0.05, 0.1) is 12.9 Å². The van der Waals surface area contributed by atoms with E-state index in [4.69, 9.17) is 19.3 Å². The maximum Gasteiger partial charge on any atom is 0.191 e. The van der Waals surface area contributed by atoms with Crippen molar-refractivity contribution in [3.63, 3.8) is 0 Å². The van der Waals surface area contributed by atoms with E-state index in [0.29, 0.717) is 5.92 Å². The lowest BCUT2D eigenvalue weighted by Gasteiger charge is -2.13. The Hall–Kier alpha value is -1.53. The molecule has 1 unspecified atom stereocenters. The standard InChI is InChI=1S/C18H31N3O3/c22-11-4-2-1-3-9-19-18(21-14-16-8-13-23-15-16)20-10-7-17-6-5-12-24-17/h5-6,12,16,22H,1-4,7-11,13-15H2,(H2,19,20,21). The van der Waals surface area contributed by atoms with Gasteiger partial charge >= 0.3 is 0 Å². The maximum absolute atomic E-state index is 8.80. The van der Waals surface area contributed by atoms with E-state index in [2.05, 4.69) is 10.6 Å². The number of aliphatic hydroxyl groups excluding tert-OH is 1. The van der Waals surface area contributed by atoms with Crippen LogP contribution in [0, 0.1) is 5.92 Å². The number of rotatable bonds is 11. The smallest absolute Gasteiger partial charge is 0.191 e. The lowest BCUT2D eigenvalue weighted by atomic mass is 10.1. The average Bonchev–Trinajstić information content (AvgIpc) is 3.28. The number of aliphatic hydroxyl groups is 1. The van der Waals surface area contributed by atoms with Gasteiger partial charge in [0.1, 0.15) is 5.76 Å². The zero-order chi connectivity index (χ0) is 16.9. The Morgan fingerprint density at radius 1 is 1.21 bits per heavy atom. The second-order valence-corrected chi connectivity index (χ2v) is 6.24. The fourth-order valence-electron chi connectivity index (χ4n) is 2.68. The van der Waals surface area contributed by atoms with Crippen LogP contribution in [0.2, 0.25) is 0 Å².